The number of rotatable bonds is 3. The van der Waals surface area contributed by atoms with Crippen LogP contribution in [0.15, 0.2) is 5.16 Å². The van der Waals surface area contributed by atoms with Gasteiger partial charge < -0.3 is 10.9 Å². The fourth-order valence-electron chi connectivity index (χ4n) is 3.13. The summed E-state index contributed by atoms with van der Waals surface area (Å²) in [7, 11) is -3.33. The zero-order valence-corrected chi connectivity index (χ0v) is 12.0. The average Bonchev–Trinajstić information content (AvgIpc) is 2.47. The van der Waals surface area contributed by atoms with Crippen molar-refractivity contribution in [3.63, 3.8) is 0 Å². The molecule has 19 heavy (non-hydrogen) atoms. The second kappa shape index (κ2) is 6.09. The first kappa shape index (κ1) is 14.6. The predicted molar refractivity (Wildman–Crippen MR) is 73.5 cm³/mol. The van der Waals surface area contributed by atoms with Gasteiger partial charge in [-0.3, -0.25) is 0 Å². The molecular formula is C12H23N3O3S. The zero-order valence-electron chi connectivity index (χ0n) is 11.2. The van der Waals surface area contributed by atoms with Crippen molar-refractivity contribution >= 4 is 15.9 Å². The summed E-state index contributed by atoms with van der Waals surface area (Å²) in [5.41, 5.74) is 5.66. The summed E-state index contributed by atoms with van der Waals surface area (Å²) in [6, 6.07) is -0.467. The zero-order chi connectivity index (χ0) is 13.9. The van der Waals surface area contributed by atoms with Gasteiger partial charge in [0, 0.05) is 6.54 Å². The Morgan fingerprint density at radius 1 is 1.11 bits per heavy atom. The summed E-state index contributed by atoms with van der Waals surface area (Å²) in [6.07, 6.45) is 6.96. The SMILES string of the molecule is NC(=NO)C1CCCCN1S(=O)(=O)C1CCCCC1. The molecule has 1 unspecified atom stereocenters. The highest BCUT2D eigenvalue weighted by molar-refractivity contribution is 7.89. The Hall–Kier alpha value is -0.820. The van der Waals surface area contributed by atoms with Crippen LogP contribution in [0.2, 0.25) is 0 Å². The molecule has 6 nitrogen and oxygen atoms in total. The number of nitrogens with two attached hydrogens (primary N) is 1. The summed E-state index contributed by atoms with van der Waals surface area (Å²) < 4.78 is 26.9. The van der Waals surface area contributed by atoms with Gasteiger partial charge in [-0.05, 0) is 25.7 Å². The second-order valence-electron chi connectivity index (χ2n) is 5.45. The summed E-state index contributed by atoms with van der Waals surface area (Å²) in [5, 5.41) is 11.5. The number of sulfonamides is 1. The molecule has 2 aliphatic rings. The van der Waals surface area contributed by atoms with Crippen molar-refractivity contribution in [2.24, 2.45) is 10.9 Å². The normalized spacial score (nSPS) is 28.4. The van der Waals surface area contributed by atoms with E-state index >= 15 is 0 Å². The highest BCUT2D eigenvalue weighted by Crippen LogP contribution is 2.30. The summed E-state index contributed by atoms with van der Waals surface area (Å²) in [4.78, 5) is 0. The maximum absolute atomic E-state index is 12.7. The van der Waals surface area contributed by atoms with Crippen LogP contribution in [0.3, 0.4) is 0 Å². The Morgan fingerprint density at radius 3 is 2.37 bits per heavy atom. The minimum absolute atomic E-state index is 0.0130. The van der Waals surface area contributed by atoms with Crippen LogP contribution in [-0.4, -0.2) is 41.6 Å². The highest BCUT2D eigenvalue weighted by Gasteiger charge is 2.39. The molecule has 1 aliphatic carbocycles. The molecule has 1 saturated heterocycles. The van der Waals surface area contributed by atoms with E-state index in [1.165, 1.54) is 4.31 Å². The molecule has 2 rings (SSSR count). The van der Waals surface area contributed by atoms with Crippen LogP contribution >= 0.6 is 0 Å². The van der Waals surface area contributed by atoms with Crippen molar-refractivity contribution in [3.05, 3.63) is 0 Å². The highest BCUT2D eigenvalue weighted by atomic mass is 32.2. The molecule has 0 amide bonds. The van der Waals surface area contributed by atoms with Crippen LogP contribution in [0.4, 0.5) is 0 Å². The van der Waals surface area contributed by atoms with Gasteiger partial charge in [-0.25, -0.2) is 8.42 Å². The molecule has 1 saturated carbocycles. The van der Waals surface area contributed by atoms with Gasteiger partial charge in [0.25, 0.3) is 0 Å². The molecule has 1 aliphatic heterocycles. The molecule has 2 fully saturated rings. The number of hydrogen-bond donors (Lipinski definition) is 2. The lowest BCUT2D eigenvalue weighted by atomic mass is 10.0. The topological polar surface area (TPSA) is 96.0 Å². The third-order valence-corrected chi connectivity index (χ3v) is 6.62. The molecule has 0 radical (unpaired) electrons. The second-order valence-corrected chi connectivity index (χ2v) is 7.62. The van der Waals surface area contributed by atoms with Crippen molar-refractivity contribution in [1.82, 2.24) is 4.31 Å². The molecule has 0 aromatic heterocycles. The molecule has 7 heteroatoms. The first-order valence-electron chi connectivity index (χ1n) is 7.05. The smallest absolute Gasteiger partial charge is 0.217 e. The van der Waals surface area contributed by atoms with Crippen molar-refractivity contribution in [1.29, 1.82) is 0 Å². The lowest BCUT2D eigenvalue weighted by molar-refractivity contribution is 0.276. The van der Waals surface area contributed by atoms with E-state index in [4.69, 9.17) is 10.9 Å². The number of hydrogen-bond acceptors (Lipinski definition) is 4. The molecule has 3 N–H and O–H groups in total. The van der Waals surface area contributed by atoms with Gasteiger partial charge in [-0.15, -0.1) is 0 Å². The van der Waals surface area contributed by atoms with E-state index in [-0.39, 0.29) is 11.1 Å². The Balaban J connectivity index is 2.20. The quantitative estimate of drug-likeness (QED) is 0.354. The van der Waals surface area contributed by atoms with Crippen molar-refractivity contribution in [3.8, 4) is 0 Å². The number of amidine groups is 1. The molecule has 1 atom stereocenters. The van der Waals surface area contributed by atoms with Crippen molar-refractivity contribution in [2.45, 2.75) is 62.7 Å². The fraction of sp³-hybridized carbons (Fsp3) is 0.917. The van der Waals surface area contributed by atoms with Crippen molar-refractivity contribution in [2.75, 3.05) is 6.54 Å². The molecule has 0 aromatic rings. The Bertz CT molecular complexity index is 430. The van der Waals surface area contributed by atoms with Gasteiger partial charge in [0.2, 0.25) is 10.0 Å². The van der Waals surface area contributed by atoms with Crippen LogP contribution in [-0.2, 0) is 10.0 Å². The van der Waals surface area contributed by atoms with Gasteiger partial charge in [0.15, 0.2) is 5.84 Å². The predicted octanol–water partition coefficient (Wildman–Crippen LogP) is 1.25. The maximum Gasteiger partial charge on any atom is 0.217 e. The molecule has 0 bridgehead atoms. The van der Waals surface area contributed by atoms with E-state index in [1.807, 2.05) is 0 Å². The van der Waals surface area contributed by atoms with Gasteiger partial charge >= 0.3 is 0 Å². The summed E-state index contributed by atoms with van der Waals surface area (Å²) in [6.45, 7) is 0.486. The third kappa shape index (κ3) is 3.02. The molecule has 0 spiro atoms. The minimum atomic E-state index is -3.33. The van der Waals surface area contributed by atoms with Gasteiger partial charge in [-0.1, -0.05) is 30.8 Å². The van der Waals surface area contributed by atoms with E-state index in [1.54, 1.807) is 0 Å². The lowest BCUT2D eigenvalue weighted by Gasteiger charge is -2.37. The van der Waals surface area contributed by atoms with E-state index in [0.717, 1.165) is 44.9 Å². The molecule has 0 aromatic carbocycles. The van der Waals surface area contributed by atoms with Gasteiger partial charge in [0.05, 0.1) is 11.3 Å². The maximum atomic E-state index is 12.7. The lowest BCUT2D eigenvalue weighted by Crippen LogP contribution is -2.53. The summed E-state index contributed by atoms with van der Waals surface area (Å²) in [5.74, 6) is 0.0130. The Morgan fingerprint density at radius 2 is 1.74 bits per heavy atom. The molecular weight excluding hydrogens is 266 g/mol. The van der Waals surface area contributed by atoms with Crippen molar-refractivity contribution < 1.29 is 13.6 Å². The Kier molecular flexibility index (Phi) is 4.67. The Labute approximate surface area is 114 Å². The number of piperidine rings is 1. The number of nitrogens with zero attached hydrogens (tertiary/aromatic N) is 2. The fourth-order valence-corrected chi connectivity index (χ4v) is 5.39. The van der Waals surface area contributed by atoms with Gasteiger partial charge in [-0.2, -0.15) is 4.31 Å². The van der Waals surface area contributed by atoms with E-state index < -0.39 is 16.1 Å². The van der Waals surface area contributed by atoms with E-state index in [0.29, 0.717) is 13.0 Å². The van der Waals surface area contributed by atoms with Gasteiger partial charge in [0.1, 0.15) is 0 Å². The largest absolute Gasteiger partial charge is 0.409 e. The van der Waals surface area contributed by atoms with Crippen LogP contribution in [0.1, 0.15) is 51.4 Å². The summed E-state index contributed by atoms with van der Waals surface area (Å²) >= 11 is 0. The van der Waals surface area contributed by atoms with Crippen LogP contribution < -0.4 is 5.73 Å². The van der Waals surface area contributed by atoms with Crippen LogP contribution in [0.25, 0.3) is 0 Å². The molecule has 1 heterocycles. The van der Waals surface area contributed by atoms with Crippen LogP contribution in [0, 0.1) is 0 Å². The first-order chi connectivity index (χ1) is 9.07. The van der Waals surface area contributed by atoms with E-state index in [9.17, 15) is 8.42 Å². The number of oxime groups is 1. The van der Waals surface area contributed by atoms with Crippen LogP contribution in [0.5, 0.6) is 0 Å². The van der Waals surface area contributed by atoms with E-state index in [2.05, 4.69) is 5.16 Å². The standard InChI is InChI=1S/C12H23N3O3S/c13-12(14-16)11-8-4-5-9-15(11)19(17,18)10-6-2-1-3-7-10/h10-11,16H,1-9H2,(H2,13,14). The minimum Gasteiger partial charge on any atom is -0.409 e. The monoisotopic (exact) mass is 289 g/mol. The first-order valence-corrected chi connectivity index (χ1v) is 8.55. The molecule has 110 valence electrons. The third-order valence-electron chi connectivity index (χ3n) is 4.21. The average molecular weight is 289 g/mol.